The van der Waals surface area contributed by atoms with Gasteiger partial charge in [0.2, 0.25) is 15.9 Å². The topological polar surface area (TPSA) is 84.5 Å². The van der Waals surface area contributed by atoms with Crippen LogP contribution in [0.4, 0.5) is 0 Å². The molecule has 134 valence electrons. The van der Waals surface area contributed by atoms with Gasteiger partial charge in [-0.15, -0.1) is 0 Å². The number of nitrogens with one attached hydrogen (secondary N) is 2. The fraction of sp³-hybridized carbons (Fsp3) is 0.278. The summed E-state index contributed by atoms with van der Waals surface area (Å²) in [6.07, 6.45) is 0.269. The van der Waals surface area contributed by atoms with Gasteiger partial charge >= 0.3 is 0 Å². The van der Waals surface area contributed by atoms with Crippen molar-refractivity contribution in [3.63, 3.8) is 0 Å². The van der Waals surface area contributed by atoms with Gasteiger partial charge in [0.1, 0.15) is 5.75 Å². The standard InChI is InChI=1S/C18H22N2O4S/c1-14-12-16(24-2)8-9-17(14)25(22,23)20-11-10-19-18(21)13-15-6-4-3-5-7-15/h3-9,12,20H,10-11,13H2,1-2H3,(H,19,21). The third-order valence-electron chi connectivity index (χ3n) is 3.62. The minimum atomic E-state index is -3.63. The molecule has 0 saturated carbocycles. The first-order valence-electron chi connectivity index (χ1n) is 7.87. The fourth-order valence-electron chi connectivity index (χ4n) is 2.36. The Hall–Kier alpha value is -2.38. The predicted molar refractivity (Wildman–Crippen MR) is 96.1 cm³/mol. The Kier molecular flexibility index (Phi) is 6.55. The lowest BCUT2D eigenvalue weighted by Gasteiger charge is -2.11. The largest absolute Gasteiger partial charge is 0.497 e. The molecule has 2 rings (SSSR count). The van der Waals surface area contributed by atoms with Gasteiger partial charge in [0.15, 0.2) is 0 Å². The van der Waals surface area contributed by atoms with Crippen molar-refractivity contribution in [3.05, 3.63) is 59.7 Å². The lowest BCUT2D eigenvalue weighted by molar-refractivity contribution is -0.120. The number of aryl methyl sites for hydroxylation is 1. The maximum Gasteiger partial charge on any atom is 0.240 e. The van der Waals surface area contributed by atoms with Crippen molar-refractivity contribution in [2.75, 3.05) is 20.2 Å². The van der Waals surface area contributed by atoms with Gasteiger partial charge in [-0.25, -0.2) is 13.1 Å². The van der Waals surface area contributed by atoms with Crippen molar-refractivity contribution in [3.8, 4) is 5.75 Å². The van der Waals surface area contributed by atoms with Crippen LogP contribution in [0.1, 0.15) is 11.1 Å². The predicted octanol–water partition coefficient (Wildman–Crippen LogP) is 1.64. The number of methoxy groups -OCH3 is 1. The van der Waals surface area contributed by atoms with Gasteiger partial charge in [-0.3, -0.25) is 4.79 Å². The van der Waals surface area contributed by atoms with E-state index in [0.29, 0.717) is 11.3 Å². The van der Waals surface area contributed by atoms with E-state index in [9.17, 15) is 13.2 Å². The molecule has 0 heterocycles. The number of ether oxygens (including phenoxy) is 1. The van der Waals surface area contributed by atoms with Gasteiger partial charge in [0, 0.05) is 13.1 Å². The molecule has 6 nitrogen and oxygen atoms in total. The van der Waals surface area contributed by atoms with Crippen LogP contribution in [0.2, 0.25) is 0 Å². The van der Waals surface area contributed by atoms with Crippen LogP contribution in [0.3, 0.4) is 0 Å². The van der Waals surface area contributed by atoms with Crippen LogP contribution < -0.4 is 14.8 Å². The highest BCUT2D eigenvalue weighted by Gasteiger charge is 2.16. The average molecular weight is 362 g/mol. The lowest BCUT2D eigenvalue weighted by Crippen LogP contribution is -2.35. The molecule has 2 aromatic carbocycles. The first kappa shape index (κ1) is 19.0. The number of rotatable bonds is 8. The van der Waals surface area contributed by atoms with E-state index in [0.717, 1.165) is 5.56 Å². The Balaban J connectivity index is 1.83. The third-order valence-corrected chi connectivity index (χ3v) is 5.24. The summed E-state index contributed by atoms with van der Waals surface area (Å²) in [6, 6.07) is 14.1. The Morgan fingerprint density at radius 1 is 1.08 bits per heavy atom. The monoisotopic (exact) mass is 362 g/mol. The van der Waals surface area contributed by atoms with E-state index in [2.05, 4.69) is 10.0 Å². The van der Waals surface area contributed by atoms with Gasteiger partial charge in [-0.1, -0.05) is 30.3 Å². The van der Waals surface area contributed by atoms with Crippen molar-refractivity contribution in [2.24, 2.45) is 0 Å². The minimum Gasteiger partial charge on any atom is -0.497 e. The molecule has 0 aliphatic heterocycles. The van der Waals surface area contributed by atoms with Crippen LogP contribution in [0.25, 0.3) is 0 Å². The maximum absolute atomic E-state index is 12.3. The molecule has 0 radical (unpaired) electrons. The summed E-state index contributed by atoms with van der Waals surface area (Å²) in [6.45, 7) is 2.05. The first-order valence-corrected chi connectivity index (χ1v) is 9.35. The minimum absolute atomic E-state index is 0.119. The highest BCUT2D eigenvalue weighted by Crippen LogP contribution is 2.20. The van der Waals surface area contributed by atoms with Gasteiger partial charge in [0.05, 0.1) is 18.4 Å². The van der Waals surface area contributed by atoms with Crippen LogP contribution in [0.15, 0.2) is 53.4 Å². The SMILES string of the molecule is COc1ccc(S(=O)(=O)NCCNC(=O)Cc2ccccc2)c(C)c1. The zero-order chi connectivity index (χ0) is 18.3. The molecule has 0 unspecified atom stereocenters. The van der Waals surface area contributed by atoms with Crippen molar-refractivity contribution < 1.29 is 17.9 Å². The first-order chi connectivity index (χ1) is 11.9. The van der Waals surface area contributed by atoms with Crippen molar-refractivity contribution in [1.82, 2.24) is 10.0 Å². The van der Waals surface area contributed by atoms with E-state index in [4.69, 9.17) is 4.74 Å². The zero-order valence-electron chi connectivity index (χ0n) is 14.3. The smallest absolute Gasteiger partial charge is 0.240 e. The van der Waals surface area contributed by atoms with Gasteiger partial charge in [-0.2, -0.15) is 0 Å². The van der Waals surface area contributed by atoms with E-state index in [1.165, 1.54) is 13.2 Å². The summed E-state index contributed by atoms with van der Waals surface area (Å²) in [5.41, 5.74) is 1.51. The van der Waals surface area contributed by atoms with Crippen LogP contribution in [-0.2, 0) is 21.2 Å². The molecule has 0 aliphatic carbocycles. The van der Waals surface area contributed by atoms with Gasteiger partial charge in [-0.05, 0) is 36.2 Å². The molecule has 0 aliphatic rings. The molecule has 2 aromatic rings. The van der Waals surface area contributed by atoms with Crippen LogP contribution >= 0.6 is 0 Å². The maximum atomic E-state index is 12.3. The van der Waals surface area contributed by atoms with Crippen molar-refractivity contribution in [2.45, 2.75) is 18.2 Å². The van der Waals surface area contributed by atoms with E-state index >= 15 is 0 Å². The summed E-state index contributed by atoms with van der Waals surface area (Å²) in [5.74, 6) is 0.454. The lowest BCUT2D eigenvalue weighted by atomic mass is 10.1. The van der Waals surface area contributed by atoms with Crippen LogP contribution in [0, 0.1) is 6.92 Å². The number of hydrogen-bond donors (Lipinski definition) is 2. The molecular weight excluding hydrogens is 340 g/mol. The number of carbonyl (C=O) groups excluding carboxylic acids is 1. The molecule has 1 amide bonds. The second kappa shape index (κ2) is 8.64. The second-order valence-electron chi connectivity index (χ2n) is 5.54. The van der Waals surface area contributed by atoms with E-state index in [1.807, 2.05) is 30.3 Å². The molecule has 0 atom stereocenters. The van der Waals surface area contributed by atoms with E-state index < -0.39 is 10.0 Å². The van der Waals surface area contributed by atoms with Gasteiger partial charge in [0.25, 0.3) is 0 Å². The molecule has 2 N–H and O–H groups in total. The highest BCUT2D eigenvalue weighted by atomic mass is 32.2. The summed E-state index contributed by atoms with van der Waals surface area (Å²) in [5, 5.41) is 2.70. The molecule has 0 bridgehead atoms. The number of sulfonamides is 1. The quantitative estimate of drug-likeness (QED) is 0.699. The van der Waals surface area contributed by atoms with E-state index in [1.54, 1.807) is 19.1 Å². The van der Waals surface area contributed by atoms with Crippen molar-refractivity contribution >= 4 is 15.9 Å². The third kappa shape index (κ3) is 5.58. The Morgan fingerprint density at radius 3 is 2.44 bits per heavy atom. The number of carbonyl (C=O) groups is 1. The molecule has 0 spiro atoms. The molecule has 7 heteroatoms. The Labute approximate surface area is 148 Å². The molecule has 0 aromatic heterocycles. The Bertz CT molecular complexity index is 820. The van der Waals surface area contributed by atoms with Gasteiger partial charge < -0.3 is 10.1 Å². The van der Waals surface area contributed by atoms with Crippen LogP contribution in [-0.4, -0.2) is 34.5 Å². The highest BCUT2D eigenvalue weighted by molar-refractivity contribution is 7.89. The second-order valence-corrected chi connectivity index (χ2v) is 7.28. The number of amides is 1. The van der Waals surface area contributed by atoms with Crippen LogP contribution in [0.5, 0.6) is 5.75 Å². The van der Waals surface area contributed by atoms with E-state index in [-0.39, 0.29) is 30.3 Å². The average Bonchev–Trinajstić information content (AvgIpc) is 2.59. The molecule has 0 fully saturated rings. The summed E-state index contributed by atoms with van der Waals surface area (Å²) in [4.78, 5) is 12.0. The summed E-state index contributed by atoms with van der Waals surface area (Å²) in [7, 11) is -2.10. The zero-order valence-corrected chi connectivity index (χ0v) is 15.1. The number of benzene rings is 2. The fourth-order valence-corrected chi connectivity index (χ4v) is 3.62. The summed E-state index contributed by atoms with van der Waals surface area (Å²) >= 11 is 0. The molecule has 25 heavy (non-hydrogen) atoms. The summed E-state index contributed by atoms with van der Waals surface area (Å²) < 4.78 is 32.2. The molecular formula is C18H22N2O4S. The molecule has 0 saturated heterocycles. The van der Waals surface area contributed by atoms with Crippen molar-refractivity contribution in [1.29, 1.82) is 0 Å². The number of hydrogen-bond acceptors (Lipinski definition) is 4. The Morgan fingerprint density at radius 2 is 1.80 bits per heavy atom. The normalized spacial score (nSPS) is 11.1.